The summed E-state index contributed by atoms with van der Waals surface area (Å²) in [4.78, 5) is 28.5. The van der Waals surface area contributed by atoms with Gasteiger partial charge in [0.05, 0.1) is 0 Å². The van der Waals surface area contributed by atoms with Gasteiger partial charge in [-0.05, 0) is 0 Å². The van der Waals surface area contributed by atoms with Gasteiger partial charge in [-0.1, -0.05) is 0 Å². The van der Waals surface area contributed by atoms with Gasteiger partial charge in [-0.25, -0.2) is 0 Å². The Labute approximate surface area is 57.9 Å². The molecule has 0 aromatic rings. The number of hydrogen-bond acceptors (Lipinski definition) is 4. The van der Waals surface area contributed by atoms with Crippen LogP contribution in [0.2, 0.25) is 0 Å². The van der Waals surface area contributed by atoms with Gasteiger partial charge in [0, 0.05) is 6.92 Å². The number of carbonyl (C=O) groups is 2. The molecule has 0 radical (unpaired) electrons. The highest BCUT2D eigenvalue weighted by Gasteiger charge is 2.07. The van der Waals surface area contributed by atoms with E-state index in [0.717, 1.165) is 6.92 Å². The molecule has 0 bridgehead atoms. The van der Waals surface area contributed by atoms with Crippen LogP contribution in [0.25, 0.3) is 0 Å². The first-order valence-electron chi connectivity index (χ1n) is 2.43. The van der Waals surface area contributed by atoms with E-state index in [1.807, 2.05) is 0 Å². The van der Waals surface area contributed by atoms with Crippen LogP contribution in [0.1, 0.15) is 6.92 Å². The molecule has 58 valence electrons. The van der Waals surface area contributed by atoms with Gasteiger partial charge in [0.25, 0.3) is 0 Å². The minimum Gasteiger partial charge on any atom is -0.326 e. The predicted octanol–water partition coefficient (Wildman–Crippen LogP) is -0.457. The van der Waals surface area contributed by atoms with Crippen molar-refractivity contribution in [2.24, 2.45) is 0 Å². The van der Waals surface area contributed by atoms with Gasteiger partial charge >= 0.3 is 8.25 Å². The molecule has 10 heavy (non-hydrogen) atoms. The highest BCUT2D eigenvalue weighted by atomic mass is 31.1. The van der Waals surface area contributed by atoms with Gasteiger partial charge in [-0.3, -0.25) is 14.2 Å². The Hall–Kier alpha value is -0.510. The summed E-state index contributed by atoms with van der Waals surface area (Å²) in [7, 11) is -3.09. The van der Waals surface area contributed by atoms with Crippen LogP contribution in [0.15, 0.2) is 0 Å². The Morgan fingerprint density at radius 3 is 2.40 bits per heavy atom. The molecule has 0 aliphatic heterocycles. The molecular weight excluding hydrogens is 159 g/mol. The maximum atomic E-state index is 10.3. The van der Waals surface area contributed by atoms with Gasteiger partial charge in [0.1, 0.15) is 6.61 Å². The molecule has 0 aromatic heterocycles. The molecular formula is C4H7O5P. The van der Waals surface area contributed by atoms with E-state index in [1.165, 1.54) is 0 Å². The smallest absolute Gasteiger partial charge is 0.317 e. The summed E-state index contributed by atoms with van der Waals surface area (Å²) in [5, 5.41) is 0. The summed E-state index contributed by atoms with van der Waals surface area (Å²) in [6.45, 7) is 0.462. The maximum absolute atomic E-state index is 10.3. The van der Waals surface area contributed by atoms with Gasteiger partial charge in [0.2, 0.25) is 5.78 Å². The minimum absolute atomic E-state index is 0.608. The first kappa shape index (κ1) is 9.49. The SMILES string of the molecule is CC(=O)C(=O)CO[PH](=O)O. The Morgan fingerprint density at radius 2 is 2.10 bits per heavy atom. The summed E-state index contributed by atoms with van der Waals surface area (Å²) in [6, 6.07) is 0. The van der Waals surface area contributed by atoms with E-state index >= 15 is 0 Å². The van der Waals surface area contributed by atoms with E-state index in [2.05, 4.69) is 4.52 Å². The van der Waals surface area contributed by atoms with E-state index in [4.69, 9.17) is 4.89 Å². The number of ketones is 2. The number of rotatable bonds is 4. The summed E-state index contributed by atoms with van der Waals surface area (Å²) in [5.41, 5.74) is 0. The molecule has 0 spiro atoms. The number of Topliss-reactive ketones (excluding diaryl/α,β-unsaturated/α-hetero) is 2. The lowest BCUT2D eigenvalue weighted by Gasteiger charge is -1.93. The third kappa shape index (κ3) is 4.38. The van der Waals surface area contributed by atoms with Crippen LogP contribution < -0.4 is 0 Å². The zero-order chi connectivity index (χ0) is 8.15. The molecule has 0 aliphatic carbocycles. The Kier molecular flexibility index (Phi) is 4.11. The average Bonchev–Trinajstić information content (AvgIpc) is 1.82. The van der Waals surface area contributed by atoms with Crippen molar-refractivity contribution in [2.75, 3.05) is 6.61 Å². The first-order valence-corrected chi connectivity index (χ1v) is 3.70. The molecule has 0 heterocycles. The van der Waals surface area contributed by atoms with Crippen LogP contribution >= 0.6 is 8.25 Å². The molecule has 0 saturated heterocycles. The van der Waals surface area contributed by atoms with E-state index < -0.39 is 26.4 Å². The second-order valence-electron chi connectivity index (χ2n) is 1.53. The highest BCUT2D eigenvalue weighted by molar-refractivity contribution is 7.32. The van der Waals surface area contributed by atoms with Gasteiger partial charge < -0.3 is 9.42 Å². The predicted molar refractivity (Wildman–Crippen MR) is 32.9 cm³/mol. The minimum atomic E-state index is -3.09. The quantitative estimate of drug-likeness (QED) is 0.451. The second kappa shape index (κ2) is 4.33. The zero-order valence-electron chi connectivity index (χ0n) is 5.29. The largest absolute Gasteiger partial charge is 0.326 e. The summed E-state index contributed by atoms with van der Waals surface area (Å²) in [5.74, 6) is -1.48. The molecule has 0 aromatic carbocycles. The van der Waals surface area contributed by atoms with Gasteiger partial charge in [-0.15, -0.1) is 0 Å². The summed E-state index contributed by atoms with van der Waals surface area (Å²) < 4.78 is 13.8. The Bertz CT molecular complexity index is 174. The maximum Gasteiger partial charge on any atom is 0.317 e. The number of hydrogen-bond donors (Lipinski definition) is 1. The van der Waals surface area contributed by atoms with Crippen molar-refractivity contribution in [3.63, 3.8) is 0 Å². The molecule has 1 unspecified atom stereocenters. The summed E-state index contributed by atoms with van der Waals surface area (Å²) in [6.07, 6.45) is 0. The van der Waals surface area contributed by atoms with Crippen LogP contribution in [-0.4, -0.2) is 23.1 Å². The molecule has 6 heteroatoms. The molecule has 0 saturated carbocycles. The van der Waals surface area contributed by atoms with Crippen molar-refractivity contribution in [1.29, 1.82) is 0 Å². The van der Waals surface area contributed by atoms with Crippen LogP contribution in [-0.2, 0) is 18.7 Å². The Balaban J connectivity index is 3.60. The molecule has 0 amide bonds. The van der Waals surface area contributed by atoms with E-state index in [1.54, 1.807) is 0 Å². The van der Waals surface area contributed by atoms with Crippen LogP contribution in [0.4, 0.5) is 0 Å². The molecule has 0 aliphatic rings. The van der Waals surface area contributed by atoms with E-state index in [9.17, 15) is 14.2 Å². The second-order valence-corrected chi connectivity index (χ2v) is 2.35. The summed E-state index contributed by atoms with van der Waals surface area (Å²) >= 11 is 0. The van der Waals surface area contributed by atoms with E-state index in [0.29, 0.717) is 0 Å². The van der Waals surface area contributed by atoms with Crippen LogP contribution in [0.5, 0.6) is 0 Å². The topological polar surface area (TPSA) is 80.7 Å². The molecule has 0 fully saturated rings. The molecule has 1 atom stereocenters. The fourth-order valence-corrected chi connectivity index (χ4v) is 0.483. The van der Waals surface area contributed by atoms with Crippen LogP contribution in [0.3, 0.4) is 0 Å². The van der Waals surface area contributed by atoms with Crippen molar-refractivity contribution in [3.05, 3.63) is 0 Å². The average molecular weight is 166 g/mol. The molecule has 0 rings (SSSR count). The van der Waals surface area contributed by atoms with Crippen molar-refractivity contribution in [1.82, 2.24) is 0 Å². The van der Waals surface area contributed by atoms with Gasteiger partial charge in [0.15, 0.2) is 5.78 Å². The highest BCUT2D eigenvalue weighted by Crippen LogP contribution is 2.13. The van der Waals surface area contributed by atoms with Gasteiger partial charge in [-0.2, -0.15) is 0 Å². The standard InChI is InChI=1S/C4H7O5P/c1-3(5)4(6)2-9-10(7)8/h10H,2H2,1H3,(H,7,8). The van der Waals surface area contributed by atoms with E-state index in [-0.39, 0.29) is 0 Å². The lowest BCUT2D eigenvalue weighted by Crippen LogP contribution is -2.14. The monoisotopic (exact) mass is 166 g/mol. The molecule has 5 nitrogen and oxygen atoms in total. The van der Waals surface area contributed by atoms with Crippen molar-refractivity contribution in [2.45, 2.75) is 6.92 Å². The molecule has 1 N–H and O–H groups in total. The Morgan fingerprint density at radius 1 is 1.60 bits per heavy atom. The lowest BCUT2D eigenvalue weighted by atomic mass is 10.3. The fraction of sp³-hybridized carbons (Fsp3) is 0.500. The van der Waals surface area contributed by atoms with Crippen molar-refractivity contribution >= 4 is 19.8 Å². The lowest BCUT2D eigenvalue weighted by molar-refractivity contribution is -0.136. The zero-order valence-corrected chi connectivity index (χ0v) is 6.29. The number of carbonyl (C=O) groups excluding carboxylic acids is 2. The third-order valence-corrected chi connectivity index (χ3v) is 1.11. The first-order chi connectivity index (χ1) is 4.54. The fourth-order valence-electron chi connectivity index (χ4n) is 0.229. The third-order valence-electron chi connectivity index (χ3n) is 0.719. The van der Waals surface area contributed by atoms with Crippen molar-refractivity contribution < 1.29 is 23.6 Å². The van der Waals surface area contributed by atoms with Crippen LogP contribution in [0, 0.1) is 0 Å². The normalized spacial score (nSPS) is 12.6. The van der Waals surface area contributed by atoms with Crippen molar-refractivity contribution in [3.8, 4) is 0 Å².